The van der Waals surface area contributed by atoms with Gasteiger partial charge in [-0.3, -0.25) is 6.08 Å². The molecule has 0 amide bonds. The summed E-state index contributed by atoms with van der Waals surface area (Å²) < 4.78 is 6.60. The van der Waals surface area contributed by atoms with Gasteiger partial charge >= 0.3 is 99.2 Å². The van der Waals surface area contributed by atoms with Crippen LogP contribution >= 0.6 is 0 Å². The molecule has 0 unspecified atom stereocenters. The van der Waals surface area contributed by atoms with Crippen molar-refractivity contribution >= 4 is 3.21 Å². The van der Waals surface area contributed by atoms with Gasteiger partial charge in [0.25, 0.3) is 0 Å². The normalized spacial score (nSPS) is 11.2. The Morgan fingerprint density at radius 3 is 1.89 bits per heavy atom. The molecule has 6 rings (SSSR count). The van der Waals surface area contributed by atoms with Gasteiger partial charge in [0.05, 0.1) is 7.11 Å². The molecule has 0 fully saturated rings. The second-order valence-corrected chi connectivity index (χ2v) is 9.09. The van der Waals surface area contributed by atoms with Crippen molar-refractivity contribution in [1.82, 2.24) is 0 Å². The van der Waals surface area contributed by atoms with E-state index < -0.39 is 0 Å². The van der Waals surface area contributed by atoms with Crippen LogP contribution in [0, 0.1) is 27.0 Å². The minimum absolute atomic E-state index is 0. The first-order chi connectivity index (χ1) is 16.8. The first-order valence-corrected chi connectivity index (χ1v) is 12.6. The van der Waals surface area contributed by atoms with Crippen LogP contribution in [0.5, 0.6) is 5.75 Å². The van der Waals surface area contributed by atoms with Crippen molar-refractivity contribution < 1.29 is 29.0 Å². The average Bonchev–Trinajstić information content (AvgIpc) is 3.61. The summed E-state index contributed by atoms with van der Waals surface area (Å²) in [6.45, 7) is 0. The summed E-state index contributed by atoms with van der Waals surface area (Å²) in [4.78, 5) is 0. The molecule has 2 aliphatic rings. The maximum absolute atomic E-state index is 5.18. The standard InChI is InChI=1S/C14H11O.C13H10.C5H5.2CH3.Zr/c1-15-12-6-7-14-11(9-12)8-10-4-2-3-5-13(10)14;1-3-7-12(8-4-1)11-13-9-5-2-6-10-13;1-2-4-5-3-1;;;/h2-7H,8H2,1H3;1-10H;1-3H,4H2;2*1H3;/q-1;;3*-1;. The Balaban J connectivity index is 0.000000204. The number of rotatable bonds is 3. The van der Waals surface area contributed by atoms with Gasteiger partial charge in [-0.25, -0.2) is 12.2 Å². The molecule has 0 N–H and O–H groups in total. The van der Waals surface area contributed by atoms with Crippen molar-refractivity contribution in [3.63, 3.8) is 0 Å². The van der Waals surface area contributed by atoms with Crippen LogP contribution < -0.4 is 4.74 Å². The van der Waals surface area contributed by atoms with Gasteiger partial charge in [0.2, 0.25) is 0 Å². The van der Waals surface area contributed by atoms with Gasteiger partial charge in [0.15, 0.2) is 0 Å². The SMILES string of the molecule is COc1[c-]c2c(cc1)-c1ccccc1C2.[C-]1=CC=CC1.[CH3-].[CH3-].[Zr]=[C](c1ccccc1)c1ccccc1. The predicted molar refractivity (Wildman–Crippen MR) is 151 cm³/mol. The Labute approximate surface area is 232 Å². The summed E-state index contributed by atoms with van der Waals surface area (Å²) in [5.74, 6) is 0.821. The van der Waals surface area contributed by atoms with Gasteiger partial charge in [-0.15, -0.1) is 29.7 Å². The van der Waals surface area contributed by atoms with E-state index in [4.69, 9.17) is 4.74 Å². The van der Waals surface area contributed by atoms with E-state index in [9.17, 15) is 0 Å². The predicted octanol–water partition coefficient (Wildman–Crippen LogP) is 8.08. The Bertz CT molecular complexity index is 1240. The van der Waals surface area contributed by atoms with Crippen molar-refractivity contribution in [1.29, 1.82) is 0 Å². The molecule has 0 spiro atoms. The molecule has 2 aliphatic carbocycles. The summed E-state index contributed by atoms with van der Waals surface area (Å²) in [6, 6.07) is 37.0. The van der Waals surface area contributed by atoms with Crippen molar-refractivity contribution in [2.24, 2.45) is 0 Å². The third-order valence-electron chi connectivity index (χ3n) is 5.61. The van der Waals surface area contributed by atoms with E-state index in [1.165, 1.54) is 60.8 Å². The van der Waals surface area contributed by atoms with E-state index in [0.29, 0.717) is 0 Å². The van der Waals surface area contributed by atoms with Gasteiger partial charge < -0.3 is 19.6 Å². The summed E-state index contributed by atoms with van der Waals surface area (Å²) in [5.41, 5.74) is 7.93. The zero-order valence-electron chi connectivity index (χ0n) is 21.3. The molecule has 4 aromatic rings. The van der Waals surface area contributed by atoms with E-state index >= 15 is 0 Å². The molecule has 0 atom stereocenters. The Morgan fingerprint density at radius 1 is 0.750 bits per heavy atom. The van der Waals surface area contributed by atoms with Gasteiger partial charge in [-0.05, 0) is 6.42 Å². The number of ether oxygens (including phenoxy) is 1. The molecule has 0 aliphatic heterocycles. The molecule has 0 saturated heterocycles. The molecule has 0 radical (unpaired) electrons. The second-order valence-electron chi connectivity index (χ2n) is 7.86. The monoisotopic (exact) mass is 546 g/mol. The number of allylic oxidation sites excluding steroid dienone is 4. The molecular weight excluding hydrogens is 516 g/mol. The van der Waals surface area contributed by atoms with Crippen LogP contribution in [0.3, 0.4) is 0 Å². The zero-order chi connectivity index (χ0) is 23.6. The van der Waals surface area contributed by atoms with Crippen molar-refractivity contribution in [3.05, 3.63) is 165 Å². The van der Waals surface area contributed by atoms with Crippen LogP contribution in [0.1, 0.15) is 28.7 Å². The molecule has 2 heteroatoms. The third-order valence-corrected chi connectivity index (χ3v) is 7.03. The van der Waals surface area contributed by atoms with Crippen LogP contribution in [0.25, 0.3) is 11.1 Å². The van der Waals surface area contributed by atoms with Crippen molar-refractivity contribution in [2.45, 2.75) is 12.8 Å². The molecule has 182 valence electrons. The third kappa shape index (κ3) is 7.71. The first-order valence-electron chi connectivity index (χ1n) is 11.3. The van der Waals surface area contributed by atoms with Crippen molar-refractivity contribution in [3.8, 4) is 16.9 Å². The van der Waals surface area contributed by atoms with Crippen LogP contribution in [0.2, 0.25) is 0 Å². The van der Waals surface area contributed by atoms with E-state index in [-0.39, 0.29) is 14.9 Å². The van der Waals surface area contributed by atoms with Crippen LogP contribution in [0.15, 0.2) is 115 Å². The summed E-state index contributed by atoms with van der Waals surface area (Å²) in [5, 5.41) is 0. The minimum atomic E-state index is 0. The van der Waals surface area contributed by atoms with Crippen molar-refractivity contribution in [2.75, 3.05) is 7.11 Å². The van der Waals surface area contributed by atoms with Gasteiger partial charge in [-0.1, -0.05) is 35.4 Å². The zero-order valence-corrected chi connectivity index (χ0v) is 23.8. The van der Waals surface area contributed by atoms with E-state index in [2.05, 4.69) is 109 Å². The fourth-order valence-corrected chi connectivity index (χ4v) is 4.69. The first kappa shape index (κ1) is 29.1. The Morgan fingerprint density at radius 2 is 1.36 bits per heavy atom. The molecule has 4 aromatic carbocycles. The number of benzene rings is 4. The number of hydrogen-bond donors (Lipinski definition) is 0. The fourth-order valence-electron chi connectivity index (χ4n) is 3.87. The molecule has 0 saturated carbocycles. The number of fused-ring (bicyclic) bond motifs is 3. The van der Waals surface area contributed by atoms with Gasteiger partial charge in [0, 0.05) is 5.75 Å². The molecule has 0 bridgehead atoms. The summed E-state index contributed by atoms with van der Waals surface area (Å²) in [7, 11) is 1.68. The quantitative estimate of drug-likeness (QED) is 0.208. The molecule has 1 nitrogen and oxygen atoms in total. The van der Waals surface area contributed by atoms with Gasteiger partial charge in [-0.2, -0.15) is 12.1 Å². The maximum atomic E-state index is 5.18. The Kier molecular flexibility index (Phi) is 12.2. The van der Waals surface area contributed by atoms with Crippen LogP contribution in [-0.4, -0.2) is 10.3 Å². The Hall–Kier alpha value is -3.09. The van der Waals surface area contributed by atoms with E-state index in [0.717, 1.165) is 18.6 Å². The fraction of sp³-hybridized carbons (Fsp3) is 0.0882. The molecule has 36 heavy (non-hydrogen) atoms. The van der Waals surface area contributed by atoms with E-state index in [1.54, 1.807) is 7.11 Å². The van der Waals surface area contributed by atoms with Gasteiger partial charge in [0.1, 0.15) is 0 Å². The molecular formula is C34H32OZr-4. The summed E-state index contributed by atoms with van der Waals surface area (Å²) in [6.07, 6.45) is 11.0. The van der Waals surface area contributed by atoms with Crippen LogP contribution in [-0.2, 0) is 30.7 Å². The number of hydrogen-bond acceptors (Lipinski definition) is 1. The molecule has 0 heterocycles. The topological polar surface area (TPSA) is 9.23 Å². The summed E-state index contributed by atoms with van der Waals surface area (Å²) >= 11 is 1.46. The molecule has 0 aromatic heterocycles. The van der Waals surface area contributed by atoms with E-state index in [1.807, 2.05) is 18.2 Å². The second kappa shape index (κ2) is 15.1. The number of methoxy groups -OCH3 is 1. The van der Waals surface area contributed by atoms with Crippen LogP contribution in [0.4, 0.5) is 0 Å². The average molecular weight is 548 g/mol.